The molecule has 2 radical (unpaired) electrons. The molecule has 2 aliphatic carbocycles. The van der Waals surface area contributed by atoms with E-state index in [1.807, 2.05) is 12.2 Å². The first kappa shape index (κ1) is 42.1. The maximum atomic E-state index is 3.67. The number of halogens is 2. The van der Waals surface area contributed by atoms with Crippen molar-refractivity contribution in [3.63, 3.8) is 0 Å². The maximum absolute atomic E-state index is 3.67. The first-order valence-electron chi connectivity index (χ1n) is 12.8. The molecule has 0 atom stereocenters. The summed E-state index contributed by atoms with van der Waals surface area (Å²) < 4.78 is 0. The van der Waals surface area contributed by atoms with Crippen LogP contribution in [0.5, 0.6) is 0 Å². The summed E-state index contributed by atoms with van der Waals surface area (Å²) in [5, 5.41) is 0. The van der Waals surface area contributed by atoms with E-state index in [1.54, 1.807) is 0 Å². The van der Waals surface area contributed by atoms with Crippen LogP contribution in [0.4, 0.5) is 0 Å². The van der Waals surface area contributed by atoms with Gasteiger partial charge in [-0.3, -0.25) is 6.08 Å². The standard InChI is InChI=1S/C21H25.C5H5.2C4H9.2ClH.Si.Zr/c1-20(2,3)16-7-9-18-14(12-16)11-15-13-17(21(4,5)6)8-10-19(15)18;1-2-4-5-3-1;2*1-4(2)3;;;;/h7-10,12H,11H2,1-6H3;1-3H,4H2;2*1-3H3;2*1H;;/q4*-1;;;;. The van der Waals surface area contributed by atoms with Crippen LogP contribution in [-0.2, 0) is 40.6 Å². The van der Waals surface area contributed by atoms with Gasteiger partial charge in [-0.25, -0.2) is 12.2 Å². The number of rotatable bonds is 0. The molecule has 0 aliphatic heterocycles. The van der Waals surface area contributed by atoms with Crippen molar-refractivity contribution in [3.8, 4) is 11.1 Å². The van der Waals surface area contributed by atoms with Gasteiger partial charge in [0.15, 0.2) is 0 Å². The fourth-order valence-corrected chi connectivity index (χ4v) is 3.37. The summed E-state index contributed by atoms with van der Waals surface area (Å²) in [6.07, 6.45) is 11.0. The molecule has 2 aromatic carbocycles. The van der Waals surface area contributed by atoms with E-state index < -0.39 is 0 Å². The minimum atomic E-state index is 0. The Balaban J connectivity index is -0.000000598. The molecule has 0 unspecified atom stereocenters. The molecular formula is C34H50Cl2SiZr-4. The Morgan fingerprint density at radius 2 is 1.26 bits per heavy atom. The predicted octanol–water partition coefficient (Wildman–Crippen LogP) is 10.7. The van der Waals surface area contributed by atoms with Crippen LogP contribution in [0.1, 0.15) is 112 Å². The zero-order chi connectivity index (χ0) is 28.1. The first-order valence-corrected chi connectivity index (χ1v) is 17.0. The molecule has 0 amide bonds. The van der Waals surface area contributed by atoms with E-state index in [2.05, 4.69) is 139 Å². The van der Waals surface area contributed by atoms with Gasteiger partial charge in [0.2, 0.25) is 0 Å². The van der Waals surface area contributed by atoms with Crippen molar-refractivity contribution in [1.29, 1.82) is 0 Å². The van der Waals surface area contributed by atoms with Crippen LogP contribution in [0.3, 0.4) is 0 Å². The summed E-state index contributed by atoms with van der Waals surface area (Å²) in [5.41, 5.74) is 8.70. The Hall–Kier alpha value is -0.400. The molecule has 0 spiro atoms. The number of benzene rings is 2. The Morgan fingerprint density at radius 3 is 1.63 bits per heavy atom. The van der Waals surface area contributed by atoms with E-state index in [1.165, 1.54) is 68.6 Å². The molecule has 0 fully saturated rings. The van der Waals surface area contributed by atoms with Gasteiger partial charge in [0.25, 0.3) is 0 Å². The second-order valence-electron chi connectivity index (χ2n) is 12.3. The van der Waals surface area contributed by atoms with Gasteiger partial charge >= 0.3 is 30.2 Å². The normalized spacial score (nSPS) is 12.0. The molecule has 0 saturated heterocycles. The number of allylic oxidation sites excluding steroid dienone is 4. The van der Waals surface area contributed by atoms with Crippen LogP contribution < -0.4 is 0 Å². The van der Waals surface area contributed by atoms with Crippen molar-refractivity contribution in [2.45, 2.75) is 107 Å². The summed E-state index contributed by atoms with van der Waals surface area (Å²) in [5.74, 6) is 2.83. The zero-order valence-electron chi connectivity index (χ0n) is 25.8. The summed E-state index contributed by atoms with van der Waals surface area (Å²) in [6.45, 7) is 29.2. The van der Waals surface area contributed by atoms with Crippen LogP contribution in [0.15, 0.2) is 48.6 Å². The average Bonchev–Trinajstić information content (AvgIpc) is 3.44. The minimum absolute atomic E-state index is 0. The Labute approximate surface area is 266 Å². The van der Waals surface area contributed by atoms with Gasteiger partial charge in [0.05, 0.1) is 0 Å². The van der Waals surface area contributed by atoms with Crippen molar-refractivity contribution in [2.24, 2.45) is 0 Å². The fourth-order valence-electron chi connectivity index (χ4n) is 3.37. The molecule has 38 heavy (non-hydrogen) atoms. The van der Waals surface area contributed by atoms with Gasteiger partial charge in [-0.05, 0) is 28.4 Å². The van der Waals surface area contributed by atoms with Crippen molar-refractivity contribution < 1.29 is 23.3 Å². The molecule has 0 nitrogen and oxygen atoms in total. The Bertz CT molecular complexity index is 894. The molecule has 2 aromatic rings. The van der Waals surface area contributed by atoms with Crippen LogP contribution in [-0.4, -0.2) is 6.88 Å². The third-order valence-electron chi connectivity index (χ3n) is 5.05. The van der Waals surface area contributed by atoms with E-state index >= 15 is 0 Å². The molecule has 0 heterocycles. The van der Waals surface area contributed by atoms with E-state index in [4.69, 9.17) is 0 Å². The van der Waals surface area contributed by atoms with E-state index in [-0.39, 0.29) is 35.6 Å². The molecule has 0 aromatic heterocycles. The van der Waals surface area contributed by atoms with Crippen molar-refractivity contribution >= 4 is 31.7 Å². The molecule has 4 rings (SSSR count). The number of hydrogen-bond acceptors (Lipinski definition) is 0. The first-order chi connectivity index (χ1) is 16.6. The second kappa shape index (κ2) is 20.5. The van der Waals surface area contributed by atoms with Crippen molar-refractivity contribution in [2.75, 3.05) is 0 Å². The predicted molar refractivity (Wildman–Crippen MR) is 173 cm³/mol. The second-order valence-corrected chi connectivity index (χ2v) is 12.3. The van der Waals surface area contributed by atoms with Gasteiger partial charge in [0, 0.05) is 0 Å². The van der Waals surface area contributed by atoms with Gasteiger partial charge in [-0.1, -0.05) is 65.3 Å². The van der Waals surface area contributed by atoms with Gasteiger partial charge in [0.1, 0.15) is 0 Å². The summed E-state index contributed by atoms with van der Waals surface area (Å²) in [4.78, 5) is 0. The molecule has 0 bridgehead atoms. The monoisotopic (exact) mass is 646 g/mol. The zero-order valence-corrected chi connectivity index (χ0v) is 30.9. The van der Waals surface area contributed by atoms with Crippen LogP contribution in [0.25, 0.3) is 11.1 Å². The molecule has 212 valence electrons. The van der Waals surface area contributed by atoms with E-state index in [9.17, 15) is 0 Å². The average molecular weight is 649 g/mol. The van der Waals surface area contributed by atoms with Gasteiger partial charge in [-0.2, -0.15) is 71.4 Å². The third-order valence-corrected chi connectivity index (χ3v) is 5.05. The Morgan fingerprint density at radius 1 is 0.763 bits per heavy atom. The summed E-state index contributed by atoms with van der Waals surface area (Å²) in [6, 6.07) is 15.2. The SMILES string of the molecule is CC(C)(C)c1[c-]c2c(cc1)-c1ccc(C(C)(C)C)cc1C2.C[C-](C)C.C[C-](C)C.Cl.Cl.[C-]1=CC=CC1.[Si]=[Zr]. The molecule has 0 N–H and O–H groups in total. The van der Waals surface area contributed by atoms with Crippen molar-refractivity contribution in [1.82, 2.24) is 0 Å². The van der Waals surface area contributed by atoms with Crippen molar-refractivity contribution in [3.05, 3.63) is 94.8 Å². The van der Waals surface area contributed by atoms with Crippen LogP contribution in [0.2, 0.25) is 0 Å². The fraction of sp³-hybridized carbons (Fsp3) is 0.471. The quantitative estimate of drug-likeness (QED) is 0.168. The van der Waals surface area contributed by atoms with Gasteiger partial charge in [-0.15, -0.1) is 42.4 Å². The summed E-state index contributed by atoms with van der Waals surface area (Å²) >= 11 is 1.36. The topological polar surface area (TPSA) is 0 Å². The molecule has 4 heteroatoms. The third kappa shape index (κ3) is 16.6. The van der Waals surface area contributed by atoms with E-state index in [0.717, 1.165) is 12.8 Å². The Kier molecular flexibility index (Phi) is 22.7. The molecule has 2 aliphatic rings. The number of fused-ring (bicyclic) bond motifs is 3. The van der Waals surface area contributed by atoms with Gasteiger partial charge < -0.3 is 11.8 Å². The molecule has 0 saturated carbocycles. The number of hydrogen-bond donors (Lipinski definition) is 0. The molecular weight excluding hydrogens is 599 g/mol. The summed E-state index contributed by atoms with van der Waals surface area (Å²) in [7, 11) is 0. The van der Waals surface area contributed by atoms with Crippen LogP contribution in [0, 0.1) is 24.0 Å². The van der Waals surface area contributed by atoms with E-state index in [0.29, 0.717) is 0 Å². The van der Waals surface area contributed by atoms with Crippen LogP contribution >= 0.6 is 24.8 Å².